The largest absolute Gasteiger partial charge is 0.382 e. The second-order valence-electron chi connectivity index (χ2n) is 4.53. The van der Waals surface area contributed by atoms with Crippen molar-refractivity contribution in [2.75, 3.05) is 17.2 Å². The van der Waals surface area contributed by atoms with Crippen molar-refractivity contribution in [3.8, 4) is 17.3 Å². The van der Waals surface area contributed by atoms with E-state index in [0.29, 0.717) is 5.69 Å². The fourth-order valence-electron chi connectivity index (χ4n) is 1.86. The maximum atomic E-state index is 9.19. The molecule has 1 aromatic carbocycles. The minimum absolute atomic E-state index is 0.0721. The Hall–Kier alpha value is -2.26. The summed E-state index contributed by atoms with van der Waals surface area (Å²) in [5, 5.41) is 9.19. The van der Waals surface area contributed by atoms with Crippen molar-refractivity contribution < 1.29 is 0 Å². The van der Waals surface area contributed by atoms with Crippen LogP contribution in [0, 0.1) is 11.3 Å². The van der Waals surface area contributed by atoms with Gasteiger partial charge in [0.25, 0.3) is 0 Å². The maximum Gasteiger partial charge on any atom is 0.222 e. The lowest BCUT2D eigenvalue weighted by Gasteiger charge is -2.07. The van der Waals surface area contributed by atoms with Gasteiger partial charge in [-0.1, -0.05) is 25.5 Å². The molecule has 0 aliphatic carbocycles. The zero-order chi connectivity index (χ0) is 15.2. The van der Waals surface area contributed by atoms with Gasteiger partial charge in [-0.15, -0.1) is 11.8 Å². The summed E-state index contributed by atoms with van der Waals surface area (Å²) in [5.41, 5.74) is 12.9. The predicted molar refractivity (Wildman–Crippen MR) is 86.6 cm³/mol. The van der Waals surface area contributed by atoms with Gasteiger partial charge in [-0.25, -0.2) is 4.98 Å². The number of rotatable bonds is 5. The summed E-state index contributed by atoms with van der Waals surface area (Å²) in [5.74, 6) is 1.29. The van der Waals surface area contributed by atoms with Crippen molar-refractivity contribution in [2.24, 2.45) is 0 Å². The Kier molecular flexibility index (Phi) is 5.01. The molecule has 2 rings (SSSR count). The molecule has 0 spiro atoms. The molecule has 108 valence electrons. The van der Waals surface area contributed by atoms with Crippen LogP contribution >= 0.6 is 11.8 Å². The number of benzene rings is 1. The van der Waals surface area contributed by atoms with Gasteiger partial charge in [0.15, 0.2) is 0 Å². The Labute approximate surface area is 128 Å². The molecule has 0 aliphatic rings. The number of nitrogens with two attached hydrogens (primary N) is 2. The minimum Gasteiger partial charge on any atom is -0.382 e. The normalized spacial score (nSPS) is 10.3. The van der Waals surface area contributed by atoms with Crippen molar-refractivity contribution in [3.05, 3.63) is 29.8 Å². The van der Waals surface area contributed by atoms with E-state index in [1.807, 2.05) is 42.1 Å². The highest BCUT2D eigenvalue weighted by atomic mass is 32.2. The fraction of sp³-hybridized carbons (Fsp3) is 0.267. The van der Waals surface area contributed by atoms with Crippen molar-refractivity contribution in [2.45, 2.75) is 24.7 Å². The van der Waals surface area contributed by atoms with E-state index in [2.05, 4.69) is 16.9 Å². The Morgan fingerprint density at radius 3 is 2.52 bits per heavy atom. The molecule has 4 N–H and O–H groups in total. The standard InChI is InChI=1S/C15H17N5S/c1-2-3-8-21-11-6-4-10(5-7-11)13-12(9-16)14(17)20-15(18)19-13/h4-7H,2-3,8H2,1H3,(H4,17,18,19,20). The van der Waals surface area contributed by atoms with Crippen LogP contribution in [0.3, 0.4) is 0 Å². The van der Waals surface area contributed by atoms with E-state index in [9.17, 15) is 5.26 Å². The summed E-state index contributed by atoms with van der Waals surface area (Å²) >= 11 is 1.82. The molecule has 21 heavy (non-hydrogen) atoms. The molecule has 0 unspecified atom stereocenters. The molecule has 0 amide bonds. The number of aromatic nitrogens is 2. The molecule has 0 radical (unpaired) electrons. The lowest BCUT2D eigenvalue weighted by molar-refractivity contribution is 0.896. The second-order valence-corrected chi connectivity index (χ2v) is 5.70. The maximum absolute atomic E-state index is 9.19. The van der Waals surface area contributed by atoms with E-state index in [0.717, 1.165) is 11.3 Å². The number of anilines is 2. The third kappa shape index (κ3) is 3.64. The van der Waals surface area contributed by atoms with Gasteiger partial charge in [-0.05, 0) is 24.3 Å². The second kappa shape index (κ2) is 6.95. The summed E-state index contributed by atoms with van der Waals surface area (Å²) in [4.78, 5) is 9.15. The van der Waals surface area contributed by atoms with Crippen LogP contribution < -0.4 is 11.5 Å². The van der Waals surface area contributed by atoms with Gasteiger partial charge >= 0.3 is 0 Å². The number of thioether (sulfide) groups is 1. The number of unbranched alkanes of at least 4 members (excludes halogenated alkanes) is 1. The number of nitrogens with zero attached hydrogens (tertiary/aromatic N) is 3. The van der Waals surface area contributed by atoms with Crippen molar-refractivity contribution in [3.63, 3.8) is 0 Å². The first kappa shape index (κ1) is 15.1. The summed E-state index contributed by atoms with van der Waals surface area (Å²) < 4.78 is 0. The van der Waals surface area contributed by atoms with Gasteiger partial charge in [-0.2, -0.15) is 10.2 Å². The van der Waals surface area contributed by atoms with E-state index in [-0.39, 0.29) is 17.3 Å². The highest BCUT2D eigenvalue weighted by Gasteiger charge is 2.12. The summed E-state index contributed by atoms with van der Waals surface area (Å²) in [6.07, 6.45) is 2.39. The number of nitrogen functional groups attached to an aromatic ring is 2. The Bertz CT molecular complexity index is 661. The van der Waals surface area contributed by atoms with Crippen molar-refractivity contribution in [1.82, 2.24) is 9.97 Å². The SMILES string of the molecule is CCCCSc1ccc(-c2nc(N)nc(N)c2C#N)cc1. The summed E-state index contributed by atoms with van der Waals surface area (Å²) in [6, 6.07) is 9.93. The molecular formula is C15H17N5S. The van der Waals surface area contributed by atoms with Crippen LogP contribution in [0.4, 0.5) is 11.8 Å². The zero-order valence-electron chi connectivity index (χ0n) is 11.8. The van der Waals surface area contributed by atoms with Crippen LogP contribution in [0.25, 0.3) is 11.3 Å². The number of nitriles is 1. The first-order valence-electron chi connectivity index (χ1n) is 6.72. The van der Waals surface area contributed by atoms with Gasteiger partial charge in [0.05, 0.1) is 5.69 Å². The number of hydrogen-bond donors (Lipinski definition) is 2. The Morgan fingerprint density at radius 1 is 1.19 bits per heavy atom. The Morgan fingerprint density at radius 2 is 1.90 bits per heavy atom. The van der Waals surface area contributed by atoms with E-state index in [1.54, 1.807) is 0 Å². The van der Waals surface area contributed by atoms with Crippen molar-refractivity contribution >= 4 is 23.5 Å². The average Bonchev–Trinajstić information content (AvgIpc) is 2.47. The quantitative estimate of drug-likeness (QED) is 0.650. The van der Waals surface area contributed by atoms with Crippen LogP contribution in [0.15, 0.2) is 29.2 Å². The van der Waals surface area contributed by atoms with Crippen LogP contribution in [0.5, 0.6) is 0 Å². The minimum atomic E-state index is 0.0721. The fourth-order valence-corrected chi connectivity index (χ4v) is 2.86. The predicted octanol–water partition coefficient (Wildman–Crippen LogP) is 3.07. The van der Waals surface area contributed by atoms with E-state index in [4.69, 9.17) is 11.5 Å². The third-order valence-electron chi connectivity index (χ3n) is 2.96. The molecule has 0 atom stereocenters. The Balaban J connectivity index is 2.29. The van der Waals surface area contributed by atoms with Crippen LogP contribution in [-0.2, 0) is 0 Å². The van der Waals surface area contributed by atoms with E-state index in [1.165, 1.54) is 17.7 Å². The first-order chi connectivity index (χ1) is 10.2. The van der Waals surface area contributed by atoms with Crippen LogP contribution in [0.1, 0.15) is 25.3 Å². The molecule has 6 heteroatoms. The van der Waals surface area contributed by atoms with Crippen LogP contribution in [0.2, 0.25) is 0 Å². The molecule has 1 heterocycles. The molecule has 0 saturated heterocycles. The monoisotopic (exact) mass is 299 g/mol. The molecular weight excluding hydrogens is 282 g/mol. The molecule has 0 bridgehead atoms. The molecule has 2 aromatic rings. The summed E-state index contributed by atoms with van der Waals surface area (Å²) in [7, 11) is 0. The van der Waals surface area contributed by atoms with Gasteiger partial charge in [0, 0.05) is 10.5 Å². The zero-order valence-corrected chi connectivity index (χ0v) is 12.7. The summed E-state index contributed by atoms with van der Waals surface area (Å²) in [6.45, 7) is 2.18. The molecule has 0 aliphatic heterocycles. The van der Waals surface area contributed by atoms with Gasteiger partial charge in [0.1, 0.15) is 17.5 Å². The topological polar surface area (TPSA) is 102 Å². The molecule has 5 nitrogen and oxygen atoms in total. The van der Waals surface area contributed by atoms with Gasteiger partial charge in [-0.3, -0.25) is 0 Å². The average molecular weight is 299 g/mol. The lowest BCUT2D eigenvalue weighted by Crippen LogP contribution is -2.04. The van der Waals surface area contributed by atoms with E-state index < -0.39 is 0 Å². The molecule has 0 saturated carbocycles. The van der Waals surface area contributed by atoms with Gasteiger partial charge < -0.3 is 11.5 Å². The molecule has 0 fully saturated rings. The highest BCUT2D eigenvalue weighted by molar-refractivity contribution is 7.99. The lowest BCUT2D eigenvalue weighted by atomic mass is 10.1. The van der Waals surface area contributed by atoms with Crippen LogP contribution in [-0.4, -0.2) is 15.7 Å². The molecule has 1 aromatic heterocycles. The van der Waals surface area contributed by atoms with E-state index >= 15 is 0 Å². The number of hydrogen-bond acceptors (Lipinski definition) is 6. The highest BCUT2D eigenvalue weighted by Crippen LogP contribution is 2.28. The third-order valence-corrected chi connectivity index (χ3v) is 4.06. The smallest absolute Gasteiger partial charge is 0.222 e. The van der Waals surface area contributed by atoms with Gasteiger partial charge in [0.2, 0.25) is 5.95 Å². The first-order valence-corrected chi connectivity index (χ1v) is 7.70. The van der Waals surface area contributed by atoms with Crippen molar-refractivity contribution in [1.29, 1.82) is 5.26 Å².